The Kier molecular flexibility index (Phi) is 5.07. The summed E-state index contributed by atoms with van der Waals surface area (Å²) in [6.45, 7) is 5.66. The van der Waals surface area contributed by atoms with E-state index in [1.54, 1.807) is 6.07 Å². The summed E-state index contributed by atoms with van der Waals surface area (Å²) in [5.74, 6) is -0.791. The lowest BCUT2D eigenvalue weighted by atomic mass is 10.1. The molecule has 0 radical (unpaired) electrons. The van der Waals surface area contributed by atoms with E-state index in [1.807, 2.05) is 38.1 Å². The van der Waals surface area contributed by atoms with Gasteiger partial charge in [0.15, 0.2) is 6.61 Å². The van der Waals surface area contributed by atoms with Gasteiger partial charge in [0.25, 0.3) is 0 Å². The Morgan fingerprint density at radius 3 is 2.50 bits per heavy atom. The molecule has 3 aromatic rings. The molecule has 134 valence electrons. The number of Topliss-reactive ketones (excluding diaryl/α,β-unsaturated/α-hetero) is 1. The van der Waals surface area contributed by atoms with E-state index in [2.05, 4.69) is 23.6 Å². The van der Waals surface area contributed by atoms with Crippen molar-refractivity contribution in [3.8, 4) is 0 Å². The number of carbonyl (C=O) groups is 2. The molecular weight excluding hydrogens is 330 g/mol. The second-order valence-corrected chi connectivity index (χ2v) is 6.22. The number of aryl methyl sites for hydroxylation is 1. The van der Waals surface area contributed by atoms with E-state index in [0.717, 1.165) is 17.0 Å². The van der Waals surface area contributed by atoms with E-state index in [4.69, 9.17) is 9.15 Å². The number of ether oxygens (including phenoxy) is 1. The van der Waals surface area contributed by atoms with E-state index < -0.39 is 5.97 Å². The van der Waals surface area contributed by atoms with Crippen molar-refractivity contribution in [2.75, 3.05) is 6.61 Å². The fraction of sp³-hybridized carbons (Fsp3) is 0.238. The van der Waals surface area contributed by atoms with Crippen LogP contribution >= 0.6 is 0 Å². The molecule has 0 unspecified atom stereocenters. The Hall–Kier alpha value is -3.08. The molecule has 0 aliphatic carbocycles. The standard InChI is InChI=1S/C21H21NO4/c1-14-12-18(19(23)13-26-21(24)20-10-7-11-25-20)16(3)22(14)15(2)17-8-5-4-6-9-17/h4-12,15H,13H2,1-3H3/t15-/m0/s1. The first-order valence-corrected chi connectivity index (χ1v) is 8.46. The van der Waals surface area contributed by atoms with Crippen LogP contribution in [-0.4, -0.2) is 22.9 Å². The first-order valence-electron chi connectivity index (χ1n) is 8.46. The Labute approximate surface area is 152 Å². The number of aromatic nitrogens is 1. The minimum atomic E-state index is -0.644. The molecule has 3 rings (SSSR count). The molecule has 0 saturated carbocycles. The van der Waals surface area contributed by atoms with Crippen molar-refractivity contribution < 1.29 is 18.7 Å². The first-order chi connectivity index (χ1) is 12.5. The largest absolute Gasteiger partial charge is 0.457 e. The summed E-state index contributed by atoms with van der Waals surface area (Å²) in [6.07, 6.45) is 1.39. The van der Waals surface area contributed by atoms with Gasteiger partial charge in [0.05, 0.1) is 12.3 Å². The van der Waals surface area contributed by atoms with E-state index >= 15 is 0 Å². The van der Waals surface area contributed by atoms with E-state index in [1.165, 1.54) is 12.3 Å². The number of nitrogens with zero attached hydrogens (tertiary/aromatic N) is 1. The molecule has 5 heteroatoms. The summed E-state index contributed by atoms with van der Waals surface area (Å²) in [5.41, 5.74) is 3.58. The highest BCUT2D eigenvalue weighted by Crippen LogP contribution is 2.25. The molecule has 0 fully saturated rings. The van der Waals surface area contributed by atoms with Crippen LogP contribution in [0, 0.1) is 13.8 Å². The summed E-state index contributed by atoms with van der Waals surface area (Å²) < 4.78 is 12.2. The van der Waals surface area contributed by atoms with Crippen molar-refractivity contribution in [3.63, 3.8) is 0 Å². The van der Waals surface area contributed by atoms with Crippen LogP contribution in [0.3, 0.4) is 0 Å². The van der Waals surface area contributed by atoms with Gasteiger partial charge in [-0.2, -0.15) is 0 Å². The van der Waals surface area contributed by atoms with Gasteiger partial charge in [0.1, 0.15) is 0 Å². The van der Waals surface area contributed by atoms with E-state index in [-0.39, 0.29) is 24.2 Å². The highest BCUT2D eigenvalue weighted by molar-refractivity contribution is 6.00. The maximum Gasteiger partial charge on any atom is 0.374 e. The van der Waals surface area contributed by atoms with Gasteiger partial charge in [-0.05, 0) is 44.5 Å². The number of rotatable bonds is 6. The van der Waals surface area contributed by atoms with Gasteiger partial charge in [-0.1, -0.05) is 30.3 Å². The molecule has 0 spiro atoms. The number of ketones is 1. The van der Waals surface area contributed by atoms with Crippen LogP contribution in [0.5, 0.6) is 0 Å². The zero-order valence-electron chi connectivity index (χ0n) is 15.1. The van der Waals surface area contributed by atoms with Gasteiger partial charge < -0.3 is 13.7 Å². The molecule has 2 aromatic heterocycles. The van der Waals surface area contributed by atoms with Crippen LogP contribution in [0.2, 0.25) is 0 Å². The van der Waals surface area contributed by atoms with Crippen molar-refractivity contribution in [3.05, 3.63) is 83.1 Å². The maximum atomic E-state index is 12.5. The lowest BCUT2D eigenvalue weighted by Crippen LogP contribution is -2.15. The van der Waals surface area contributed by atoms with Crippen LogP contribution in [0.1, 0.15) is 50.8 Å². The Morgan fingerprint density at radius 2 is 1.85 bits per heavy atom. The second kappa shape index (κ2) is 7.44. The molecule has 0 aliphatic rings. The van der Waals surface area contributed by atoms with Crippen molar-refractivity contribution in [2.45, 2.75) is 26.8 Å². The predicted octanol–water partition coefficient (Wildman–Crippen LogP) is 4.35. The minimum Gasteiger partial charge on any atom is -0.457 e. The molecule has 0 bridgehead atoms. The van der Waals surface area contributed by atoms with Crippen molar-refractivity contribution >= 4 is 11.8 Å². The second-order valence-electron chi connectivity index (χ2n) is 6.22. The Bertz CT molecular complexity index is 907. The molecular formula is C21H21NO4. The van der Waals surface area contributed by atoms with E-state index in [9.17, 15) is 9.59 Å². The predicted molar refractivity (Wildman–Crippen MR) is 97.5 cm³/mol. The fourth-order valence-corrected chi connectivity index (χ4v) is 3.21. The zero-order valence-corrected chi connectivity index (χ0v) is 15.1. The van der Waals surface area contributed by atoms with Crippen molar-refractivity contribution in [1.29, 1.82) is 0 Å². The van der Waals surface area contributed by atoms with Crippen LogP contribution in [-0.2, 0) is 4.74 Å². The lowest BCUT2D eigenvalue weighted by Gasteiger charge is -2.19. The van der Waals surface area contributed by atoms with Crippen molar-refractivity contribution in [1.82, 2.24) is 4.57 Å². The van der Waals surface area contributed by atoms with Gasteiger partial charge in [-0.25, -0.2) is 4.79 Å². The summed E-state index contributed by atoms with van der Waals surface area (Å²) in [7, 11) is 0. The van der Waals surface area contributed by atoms with Gasteiger partial charge in [-0.3, -0.25) is 4.79 Å². The molecule has 5 nitrogen and oxygen atoms in total. The highest BCUT2D eigenvalue weighted by atomic mass is 16.5. The molecule has 1 atom stereocenters. The minimum absolute atomic E-state index is 0.0842. The van der Waals surface area contributed by atoms with Crippen LogP contribution < -0.4 is 0 Å². The molecule has 0 aliphatic heterocycles. The van der Waals surface area contributed by atoms with Crippen LogP contribution in [0.25, 0.3) is 0 Å². The average molecular weight is 351 g/mol. The normalized spacial score (nSPS) is 12.0. The van der Waals surface area contributed by atoms with E-state index in [0.29, 0.717) is 5.56 Å². The fourth-order valence-electron chi connectivity index (χ4n) is 3.21. The average Bonchev–Trinajstić information content (AvgIpc) is 3.28. The van der Waals surface area contributed by atoms with Crippen LogP contribution in [0.4, 0.5) is 0 Å². The van der Waals surface area contributed by atoms with Gasteiger partial charge in [0.2, 0.25) is 11.5 Å². The zero-order chi connectivity index (χ0) is 18.7. The molecule has 0 saturated heterocycles. The number of hydrogen-bond donors (Lipinski definition) is 0. The molecule has 26 heavy (non-hydrogen) atoms. The SMILES string of the molecule is Cc1cc(C(=O)COC(=O)c2ccco2)c(C)n1[C@@H](C)c1ccccc1. The monoisotopic (exact) mass is 351 g/mol. The smallest absolute Gasteiger partial charge is 0.374 e. The molecule has 2 heterocycles. The van der Waals surface area contributed by atoms with Gasteiger partial charge in [0, 0.05) is 17.0 Å². The highest BCUT2D eigenvalue weighted by Gasteiger charge is 2.21. The number of benzene rings is 1. The summed E-state index contributed by atoms with van der Waals surface area (Å²) in [4.78, 5) is 24.4. The Balaban J connectivity index is 1.77. The molecule has 0 amide bonds. The summed E-state index contributed by atoms with van der Waals surface area (Å²) in [6, 6.07) is 15.2. The molecule has 0 N–H and O–H groups in total. The Morgan fingerprint density at radius 1 is 1.12 bits per heavy atom. The third kappa shape index (κ3) is 3.47. The van der Waals surface area contributed by atoms with Gasteiger partial charge in [-0.15, -0.1) is 0 Å². The first kappa shape index (κ1) is 17.7. The number of hydrogen-bond acceptors (Lipinski definition) is 4. The lowest BCUT2D eigenvalue weighted by molar-refractivity contribution is 0.0444. The maximum absolute atomic E-state index is 12.5. The third-order valence-corrected chi connectivity index (χ3v) is 4.51. The number of furan rings is 1. The number of esters is 1. The summed E-state index contributed by atoms with van der Waals surface area (Å²) in [5, 5.41) is 0. The molecule has 1 aromatic carbocycles. The quantitative estimate of drug-likeness (QED) is 0.489. The van der Waals surface area contributed by atoms with Gasteiger partial charge >= 0.3 is 5.97 Å². The van der Waals surface area contributed by atoms with Crippen LogP contribution in [0.15, 0.2) is 59.2 Å². The third-order valence-electron chi connectivity index (χ3n) is 4.51. The van der Waals surface area contributed by atoms with Crippen molar-refractivity contribution in [2.24, 2.45) is 0 Å². The number of carbonyl (C=O) groups excluding carboxylic acids is 2. The summed E-state index contributed by atoms with van der Waals surface area (Å²) >= 11 is 0. The topological polar surface area (TPSA) is 61.4 Å².